The summed E-state index contributed by atoms with van der Waals surface area (Å²) in [7, 11) is 1.98. The lowest BCUT2D eigenvalue weighted by atomic mass is 10.1. The number of aliphatic hydroxyl groups is 1. The van der Waals surface area contributed by atoms with E-state index in [1.54, 1.807) is 17.5 Å². The molecule has 3 nitrogen and oxygen atoms in total. The van der Waals surface area contributed by atoms with Gasteiger partial charge in [-0.15, -0.1) is 11.3 Å². The highest BCUT2D eigenvalue weighted by Gasteiger charge is 2.11. The van der Waals surface area contributed by atoms with Gasteiger partial charge in [-0.2, -0.15) is 0 Å². The zero-order chi connectivity index (χ0) is 12.3. The predicted molar refractivity (Wildman–Crippen MR) is 70.2 cm³/mol. The minimum absolute atomic E-state index is 0.364. The van der Waals surface area contributed by atoms with E-state index in [-0.39, 0.29) is 6.10 Å². The lowest BCUT2D eigenvalue weighted by Gasteiger charge is -2.08. The van der Waals surface area contributed by atoms with Crippen molar-refractivity contribution >= 4 is 11.3 Å². The number of hydrogen-bond acceptors (Lipinski definition) is 3. The molecule has 0 aromatic carbocycles. The molecule has 0 amide bonds. The summed E-state index contributed by atoms with van der Waals surface area (Å²) in [6.45, 7) is 2.13. The Labute approximate surface area is 106 Å². The molecule has 1 unspecified atom stereocenters. The average molecular weight is 250 g/mol. The van der Waals surface area contributed by atoms with E-state index in [1.165, 1.54) is 4.88 Å². The molecular weight excluding hydrogens is 232 g/mol. The zero-order valence-electron chi connectivity index (χ0n) is 10.3. The molecule has 0 aliphatic carbocycles. The van der Waals surface area contributed by atoms with Crippen LogP contribution in [-0.2, 0) is 19.9 Å². The minimum Gasteiger partial charge on any atom is -0.388 e. The van der Waals surface area contributed by atoms with E-state index in [0.717, 1.165) is 30.0 Å². The van der Waals surface area contributed by atoms with Crippen molar-refractivity contribution in [2.24, 2.45) is 7.05 Å². The standard InChI is InChI=1S/C13H18N2OS/c1-3-10-4-6-12(17-10)11(16)5-7-13-14-8-9-15(13)2/h4,6,8-9,11,16H,3,5,7H2,1-2H3. The normalized spacial score (nSPS) is 12.9. The number of rotatable bonds is 5. The van der Waals surface area contributed by atoms with E-state index in [1.807, 2.05) is 23.9 Å². The third-order valence-electron chi connectivity index (χ3n) is 2.92. The van der Waals surface area contributed by atoms with Gasteiger partial charge in [0.25, 0.3) is 0 Å². The van der Waals surface area contributed by atoms with Gasteiger partial charge in [-0.25, -0.2) is 4.98 Å². The zero-order valence-corrected chi connectivity index (χ0v) is 11.1. The average Bonchev–Trinajstić information content (AvgIpc) is 2.94. The molecule has 2 aromatic rings. The Balaban J connectivity index is 1.93. The van der Waals surface area contributed by atoms with Crippen LogP contribution < -0.4 is 0 Å². The van der Waals surface area contributed by atoms with Crippen LogP contribution in [0.5, 0.6) is 0 Å². The van der Waals surface area contributed by atoms with E-state index in [0.29, 0.717) is 0 Å². The topological polar surface area (TPSA) is 38.1 Å². The number of aryl methyl sites for hydroxylation is 3. The van der Waals surface area contributed by atoms with Crippen molar-refractivity contribution in [3.05, 3.63) is 40.1 Å². The Morgan fingerprint density at radius 3 is 2.88 bits per heavy atom. The van der Waals surface area contributed by atoms with Crippen molar-refractivity contribution in [1.82, 2.24) is 9.55 Å². The fraction of sp³-hybridized carbons (Fsp3) is 0.462. The summed E-state index contributed by atoms with van der Waals surface area (Å²) in [4.78, 5) is 6.65. The van der Waals surface area contributed by atoms with Crippen LogP contribution in [0.1, 0.15) is 35.0 Å². The van der Waals surface area contributed by atoms with Crippen LogP contribution in [0.3, 0.4) is 0 Å². The van der Waals surface area contributed by atoms with Gasteiger partial charge in [0, 0.05) is 35.6 Å². The molecule has 2 rings (SSSR count). The van der Waals surface area contributed by atoms with Crippen LogP contribution in [0.4, 0.5) is 0 Å². The smallest absolute Gasteiger partial charge is 0.108 e. The summed E-state index contributed by atoms with van der Waals surface area (Å²) in [5.74, 6) is 1.02. The number of aromatic nitrogens is 2. The Bertz CT molecular complexity index is 475. The summed E-state index contributed by atoms with van der Waals surface area (Å²) in [5, 5.41) is 10.1. The largest absolute Gasteiger partial charge is 0.388 e. The van der Waals surface area contributed by atoms with Gasteiger partial charge < -0.3 is 9.67 Å². The highest BCUT2D eigenvalue weighted by Crippen LogP contribution is 2.26. The first-order chi connectivity index (χ1) is 8.20. The highest BCUT2D eigenvalue weighted by atomic mass is 32.1. The molecule has 0 saturated carbocycles. The van der Waals surface area contributed by atoms with E-state index in [2.05, 4.69) is 18.0 Å². The van der Waals surface area contributed by atoms with E-state index >= 15 is 0 Å². The van der Waals surface area contributed by atoms with Gasteiger partial charge in [-0.3, -0.25) is 0 Å². The van der Waals surface area contributed by atoms with Crippen LogP contribution in [-0.4, -0.2) is 14.7 Å². The van der Waals surface area contributed by atoms with Crippen molar-refractivity contribution < 1.29 is 5.11 Å². The molecule has 0 aliphatic heterocycles. The molecule has 17 heavy (non-hydrogen) atoms. The molecule has 0 aliphatic rings. The van der Waals surface area contributed by atoms with Crippen LogP contribution in [0.25, 0.3) is 0 Å². The monoisotopic (exact) mass is 250 g/mol. The summed E-state index contributed by atoms with van der Waals surface area (Å²) in [5.41, 5.74) is 0. The van der Waals surface area contributed by atoms with E-state index < -0.39 is 0 Å². The summed E-state index contributed by atoms with van der Waals surface area (Å²) >= 11 is 1.71. The third kappa shape index (κ3) is 2.96. The predicted octanol–water partition coefficient (Wildman–Crippen LogP) is 2.71. The molecule has 0 spiro atoms. The van der Waals surface area contributed by atoms with Crippen molar-refractivity contribution in [2.45, 2.75) is 32.3 Å². The molecular formula is C13H18N2OS. The van der Waals surface area contributed by atoms with Gasteiger partial charge >= 0.3 is 0 Å². The summed E-state index contributed by atoms with van der Waals surface area (Å²) < 4.78 is 2.00. The lowest BCUT2D eigenvalue weighted by Crippen LogP contribution is -2.02. The molecule has 4 heteroatoms. The van der Waals surface area contributed by atoms with Crippen LogP contribution in [0.2, 0.25) is 0 Å². The molecule has 2 aromatic heterocycles. The third-order valence-corrected chi connectivity index (χ3v) is 4.25. The molecule has 92 valence electrons. The number of nitrogens with zero attached hydrogens (tertiary/aromatic N) is 2. The lowest BCUT2D eigenvalue weighted by molar-refractivity contribution is 0.170. The summed E-state index contributed by atoms with van der Waals surface area (Å²) in [6.07, 6.45) is 5.94. The molecule has 0 saturated heterocycles. The second-order valence-corrected chi connectivity index (χ2v) is 5.37. The molecule has 0 fully saturated rings. The second kappa shape index (κ2) is 5.47. The Morgan fingerprint density at radius 1 is 1.47 bits per heavy atom. The fourth-order valence-electron chi connectivity index (χ4n) is 1.81. The number of hydrogen-bond donors (Lipinski definition) is 1. The maximum Gasteiger partial charge on any atom is 0.108 e. The molecule has 1 N–H and O–H groups in total. The first-order valence-corrected chi connectivity index (χ1v) is 6.75. The maximum absolute atomic E-state index is 10.1. The van der Waals surface area contributed by atoms with Gasteiger partial charge in [0.2, 0.25) is 0 Å². The van der Waals surface area contributed by atoms with Gasteiger partial charge in [-0.1, -0.05) is 6.92 Å². The minimum atomic E-state index is -0.364. The highest BCUT2D eigenvalue weighted by molar-refractivity contribution is 7.12. The van der Waals surface area contributed by atoms with Crippen molar-refractivity contribution in [3.8, 4) is 0 Å². The van der Waals surface area contributed by atoms with E-state index in [9.17, 15) is 5.11 Å². The molecule has 0 bridgehead atoms. The van der Waals surface area contributed by atoms with Crippen molar-refractivity contribution in [2.75, 3.05) is 0 Å². The van der Waals surface area contributed by atoms with Crippen LogP contribution in [0, 0.1) is 0 Å². The summed E-state index contributed by atoms with van der Waals surface area (Å²) in [6, 6.07) is 4.14. The van der Waals surface area contributed by atoms with Crippen molar-refractivity contribution in [3.63, 3.8) is 0 Å². The number of aliphatic hydroxyl groups excluding tert-OH is 1. The first-order valence-electron chi connectivity index (χ1n) is 5.93. The number of imidazole rings is 1. The van der Waals surface area contributed by atoms with Crippen LogP contribution in [0.15, 0.2) is 24.5 Å². The van der Waals surface area contributed by atoms with Gasteiger partial charge in [0.05, 0.1) is 6.10 Å². The maximum atomic E-state index is 10.1. The Morgan fingerprint density at radius 2 is 2.29 bits per heavy atom. The quantitative estimate of drug-likeness (QED) is 0.886. The number of thiophene rings is 1. The first kappa shape index (κ1) is 12.3. The van der Waals surface area contributed by atoms with E-state index in [4.69, 9.17) is 0 Å². The second-order valence-electron chi connectivity index (χ2n) is 4.17. The Hall–Kier alpha value is -1.13. The Kier molecular flexibility index (Phi) is 3.97. The molecule has 2 heterocycles. The van der Waals surface area contributed by atoms with Gasteiger partial charge in [-0.05, 0) is 25.0 Å². The molecule has 1 atom stereocenters. The fourth-order valence-corrected chi connectivity index (χ4v) is 2.78. The van der Waals surface area contributed by atoms with Crippen molar-refractivity contribution in [1.29, 1.82) is 0 Å². The SMILES string of the molecule is CCc1ccc(C(O)CCc2nccn2C)s1. The van der Waals surface area contributed by atoms with Crippen LogP contribution >= 0.6 is 11.3 Å². The molecule has 0 radical (unpaired) electrons. The van der Waals surface area contributed by atoms with Gasteiger partial charge in [0.1, 0.15) is 5.82 Å². The van der Waals surface area contributed by atoms with Gasteiger partial charge in [0.15, 0.2) is 0 Å².